The van der Waals surface area contributed by atoms with Crippen molar-refractivity contribution < 1.29 is 28.5 Å². The smallest absolute Gasteiger partial charge is 0.312 e. The van der Waals surface area contributed by atoms with Gasteiger partial charge < -0.3 is 19.3 Å². The van der Waals surface area contributed by atoms with Gasteiger partial charge in [-0.3, -0.25) is 4.79 Å². The molecule has 3 unspecified atom stereocenters. The molecule has 0 aromatic carbocycles. The SMILES string of the molecule is CC(C)(F)COC(=O)C12CC3CC(C1)C1(OCC(CO)O1)C(C3)C2. The lowest BCUT2D eigenvalue weighted by Crippen LogP contribution is -2.63. The van der Waals surface area contributed by atoms with E-state index >= 15 is 0 Å². The predicted octanol–water partition coefficient (Wildman–Crippen LogP) is 2.21. The Bertz CT molecular complexity index is 512. The van der Waals surface area contributed by atoms with Crippen LogP contribution in [-0.4, -0.2) is 48.5 Å². The summed E-state index contributed by atoms with van der Waals surface area (Å²) in [4.78, 5) is 12.8. The molecule has 6 heteroatoms. The lowest BCUT2D eigenvalue weighted by Gasteiger charge is -2.61. The van der Waals surface area contributed by atoms with Crippen LogP contribution in [0.4, 0.5) is 4.39 Å². The molecule has 4 saturated carbocycles. The summed E-state index contributed by atoms with van der Waals surface area (Å²) in [6.07, 6.45) is 3.94. The lowest BCUT2D eigenvalue weighted by atomic mass is 9.47. The molecule has 1 aliphatic heterocycles. The minimum Gasteiger partial charge on any atom is -0.462 e. The second-order valence-electron chi connectivity index (χ2n) is 8.87. The highest BCUT2D eigenvalue weighted by Crippen LogP contribution is 2.66. The Morgan fingerprint density at radius 3 is 2.50 bits per heavy atom. The van der Waals surface area contributed by atoms with Crippen LogP contribution >= 0.6 is 0 Å². The molecule has 1 N–H and O–H groups in total. The number of ether oxygens (including phenoxy) is 3. The van der Waals surface area contributed by atoms with Crippen LogP contribution in [0.1, 0.15) is 46.0 Å². The molecule has 0 radical (unpaired) electrons. The first-order valence-electron chi connectivity index (χ1n) is 9.05. The van der Waals surface area contributed by atoms with Crippen LogP contribution in [-0.2, 0) is 19.0 Å². The number of esters is 1. The number of hydrogen-bond acceptors (Lipinski definition) is 5. The van der Waals surface area contributed by atoms with Crippen LogP contribution in [0.3, 0.4) is 0 Å². The van der Waals surface area contributed by atoms with Crippen molar-refractivity contribution >= 4 is 5.97 Å². The van der Waals surface area contributed by atoms with Crippen molar-refractivity contribution in [3.05, 3.63) is 0 Å². The molecule has 5 fully saturated rings. The number of alkyl halides is 1. The van der Waals surface area contributed by atoms with Crippen molar-refractivity contribution in [2.45, 2.75) is 63.5 Å². The van der Waals surface area contributed by atoms with Crippen molar-refractivity contribution in [3.8, 4) is 0 Å². The molecule has 1 spiro atoms. The molecule has 5 rings (SSSR count). The van der Waals surface area contributed by atoms with E-state index in [1.165, 1.54) is 13.8 Å². The number of aliphatic hydroxyl groups excluding tert-OH is 1. The summed E-state index contributed by atoms with van der Waals surface area (Å²) in [6.45, 7) is 3.03. The Morgan fingerprint density at radius 1 is 1.29 bits per heavy atom. The standard InChI is InChI=1S/C18H27FO5/c1-16(2,19)10-22-15(21)17-5-11-3-12(6-17)18(13(4-11)7-17)23-9-14(8-20)24-18/h11-14,20H,3-10H2,1-2H3. The molecular formula is C18H27FO5. The molecule has 5 aliphatic rings. The number of halogens is 1. The molecule has 4 bridgehead atoms. The quantitative estimate of drug-likeness (QED) is 0.794. The third kappa shape index (κ3) is 2.49. The molecule has 0 aromatic heterocycles. The van der Waals surface area contributed by atoms with E-state index in [1.54, 1.807) is 0 Å². The van der Waals surface area contributed by atoms with Crippen LogP contribution in [0.15, 0.2) is 0 Å². The maximum Gasteiger partial charge on any atom is 0.312 e. The Kier molecular flexibility index (Phi) is 3.76. The molecule has 3 atom stereocenters. The largest absolute Gasteiger partial charge is 0.462 e. The van der Waals surface area contributed by atoms with E-state index in [-0.39, 0.29) is 37.1 Å². The van der Waals surface area contributed by atoms with E-state index in [0.29, 0.717) is 25.4 Å². The van der Waals surface area contributed by atoms with Gasteiger partial charge in [-0.15, -0.1) is 0 Å². The summed E-state index contributed by atoms with van der Waals surface area (Å²) in [6, 6.07) is 0. The number of rotatable bonds is 4. The summed E-state index contributed by atoms with van der Waals surface area (Å²) < 4.78 is 31.2. The summed E-state index contributed by atoms with van der Waals surface area (Å²) in [5, 5.41) is 9.37. The van der Waals surface area contributed by atoms with Crippen LogP contribution in [0.25, 0.3) is 0 Å². The van der Waals surface area contributed by atoms with Gasteiger partial charge in [-0.1, -0.05) is 0 Å². The Labute approximate surface area is 141 Å². The van der Waals surface area contributed by atoms with Gasteiger partial charge in [0.15, 0.2) is 5.79 Å². The minimum absolute atomic E-state index is 0.0383. The first-order chi connectivity index (χ1) is 11.3. The summed E-state index contributed by atoms with van der Waals surface area (Å²) in [7, 11) is 0. The van der Waals surface area contributed by atoms with E-state index in [2.05, 4.69) is 0 Å². The fourth-order valence-corrected chi connectivity index (χ4v) is 5.64. The van der Waals surface area contributed by atoms with Gasteiger partial charge in [0, 0.05) is 11.8 Å². The molecule has 1 saturated heterocycles. The van der Waals surface area contributed by atoms with Gasteiger partial charge in [-0.05, 0) is 51.9 Å². The first kappa shape index (κ1) is 16.7. The first-order valence-corrected chi connectivity index (χ1v) is 9.05. The highest BCUT2D eigenvalue weighted by molar-refractivity contribution is 5.77. The predicted molar refractivity (Wildman–Crippen MR) is 82.8 cm³/mol. The fraction of sp³-hybridized carbons (Fsp3) is 0.944. The molecular weight excluding hydrogens is 315 g/mol. The Hall–Kier alpha value is -0.720. The van der Waals surface area contributed by atoms with Gasteiger partial charge in [-0.25, -0.2) is 4.39 Å². The summed E-state index contributed by atoms with van der Waals surface area (Å²) in [5.41, 5.74) is -2.01. The van der Waals surface area contributed by atoms with Crippen molar-refractivity contribution in [2.75, 3.05) is 19.8 Å². The van der Waals surface area contributed by atoms with Gasteiger partial charge in [0.1, 0.15) is 18.4 Å². The second-order valence-corrected chi connectivity index (χ2v) is 8.87. The highest BCUT2D eigenvalue weighted by atomic mass is 19.1. The molecule has 0 amide bonds. The molecule has 1 heterocycles. The van der Waals surface area contributed by atoms with Crippen LogP contribution < -0.4 is 0 Å². The average Bonchev–Trinajstić information content (AvgIpc) is 2.94. The van der Waals surface area contributed by atoms with Crippen LogP contribution in [0.2, 0.25) is 0 Å². The van der Waals surface area contributed by atoms with Gasteiger partial charge in [0.25, 0.3) is 0 Å². The molecule has 24 heavy (non-hydrogen) atoms. The van der Waals surface area contributed by atoms with Crippen molar-refractivity contribution in [1.29, 1.82) is 0 Å². The van der Waals surface area contributed by atoms with E-state index < -0.39 is 16.9 Å². The Balaban J connectivity index is 1.53. The Morgan fingerprint density at radius 2 is 1.96 bits per heavy atom. The van der Waals surface area contributed by atoms with Crippen molar-refractivity contribution in [2.24, 2.45) is 23.2 Å². The maximum absolute atomic E-state index is 13.7. The number of hydrogen-bond donors (Lipinski definition) is 1. The zero-order valence-electron chi connectivity index (χ0n) is 14.4. The van der Waals surface area contributed by atoms with Crippen molar-refractivity contribution in [3.63, 3.8) is 0 Å². The minimum atomic E-state index is -1.51. The third-order valence-corrected chi connectivity index (χ3v) is 6.36. The molecule has 136 valence electrons. The van der Waals surface area contributed by atoms with E-state index in [9.17, 15) is 14.3 Å². The third-order valence-electron chi connectivity index (χ3n) is 6.36. The number of aliphatic hydroxyl groups is 1. The van der Waals surface area contributed by atoms with Gasteiger partial charge >= 0.3 is 5.97 Å². The fourth-order valence-electron chi connectivity index (χ4n) is 5.64. The average molecular weight is 342 g/mol. The van der Waals surface area contributed by atoms with Crippen molar-refractivity contribution in [1.82, 2.24) is 0 Å². The zero-order chi connectivity index (χ0) is 17.2. The topological polar surface area (TPSA) is 65.0 Å². The van der Waals surface area contributed by atoms with Crippen LogP contribution in [0, 0.1) is 23.2 Å². The maximum atomic E-state index is 13.7. The van der Waals surface area contributed by atoms with Crippen LogP contribution in [0.5, 0.6) is 0 Å². The van der Waals surface area contributed by atoms with E-state index in [1.807, 2.05) is 0 Å². The molecule has 4 aliphatic carbocycles. The molecule has 5 nitrogen and oxygen atoms in total. The lowest BCUT2D eigenvalue weighted by molar-refractivity contribution is -0.308. The van der Waals surface area contributed by atoms with E-state index in [0.717, 1.165) is 19.3 Å². The number of carbonyl (C=O) groups is 1. The normalized spacial score (nSPS) is 46.7. The van der Waals surface area contributed by atoms with Gasteiger partial charge in [0.2, 0.25) is 0 Å². The highest BCUT2D eigenvalue weighted by Gasteiger charge is 2.68. The zero-order valence-corrected chi connectivity index (χ0v) is 14.4. The van der Waals surface area contributed by atoms with Gasteiger partial charge in [0.05, 0.1) is 18.6 Å². The summed E-state index contributed by atoms with van der Waals surface area (Å²) >= 11 is 0. The second kappa shape index (κ2) is 5.39. The number of carbonyl (C=O) groups excluding carboxylic acids is 1. The monoisotopic (exact) mass is 342 g/mol. The molecule has 0 aromatic rings. The summed E-state index contributed by atoms with van der Waals surface area (Å²) in [5.74, 6) is -0.0796. The van der Waals surface area contributed by atoms with E-state index in [4.69, 9.17) is 14.2 Å². The van der Waals surface area contributed by atoms with Gasteiger partial charge in [-0.2, -0.15) is 0 Å².